The van der Waals surface area contributed by atoms with Crippen molar-refractivity contribution in [2.45, 2.75) is 52.7 Å². The summed E-state index contributed by atoms with van der Waals surface area (Å²) in [5.41, 5.74) is 4.32. The Bertz CT molecular complexity index is 908. The molecule has 2 amide bonds. The zero-order valence-corrected chi connectivity index (χ0v) is 16.6. The zero-order chi connectivity index (χ0) is 21.4. The van der Waals surface area contributed by atoms with Crippen LogP contribution in [0.3, 0.4) is 0 Å². The minimum atomic E-state index is -1.41. The van der Waals surface area contributed by atoms with Crippen LogP contribution >= 0.6 is 0 Å². The quantitative estimate of drug-likeness (QED) is 0.699. The number of nitrogens with zero attached hydrogens (tertiary/aromatic N) is 3. The number of anilines is 2. The molecule has 0 radical (unpaired) electrons. The first-order chi connectivity index (χ1) is 12.7. The highest BCUT2D eigenvalue weighted by molar-refractivity contribution is 6.14. The van der Waals surface area contributed by atoms with E-state index < -0.39 is 29.5 Å². The number of rotatable bonds is 1. The number of carbonyl (C=O) groups is 3. The van der Waals surface area contributed by atoms with Crippen LogP contribution in [0.5, 0.6) is 0 Å². The molecule has 0 saturated heterocycles. The molecule has 0 aliphatic carbocycles. The third-order valence-corrected chi connectivity index (χ3v) is 3.23. The molecule has 1 aromatic heterocycles. The first-order valence-corrected chi connectivity index (χ1v) is 8.47. The zero-order valence-electron chi connectivity index (χ0n) is 16.6. The van der Waals surface area contributed by atoms with E-state index in [0.717, 1.165) is 0 Å². The van der Waals surface area contributed by atoms with Crippen molar-refractivity contribution in [1.82, 2.24) is 9.78 Å². The molecular formula is C18H24N4O6. The van der Waals surface area contributed by atoms with Crippen LogP contribution in [-0.4, -0.2) is 44.4 Å². The van der Waals surface area contributed by atoms with Crippen molar-refractivity contribution in [2.75, 3.05) is 10.6 Å². The van der Waals surface area contributed by atoms with Crippen molar-refractivity contribution >= 4 is 40.7 Å². The van der Waals surface area contributed by atoms with Gasteiger partial charge in [0.05, 0.1) is 5.52 Å². The van der Waals surface area contributed by atoms with Crippen molar-refractivity contribution in [3.8, 4) is 0 Å². The van der Waals surface area contributed by atoms with E-state index in [0.29, 0.717) is 15.3 Å². The molecule has 0 fully saturated rings. The maximum atomic E-state index is 12.8. The van der Waals surface area contributed by atoms with Crippen LogP contribution in [0.2, 0.25) is 0 Å². The molecule has 0 spiro atoms. The summed E-state index contributed by atoms with van der Waals surface area (Å²) < 4.78 is 11.2. The van der Waals surface area contributed by atoms with Crippen molar-refractivity contribution in [3.63, 3.8) is 0 Å². The second-order valence-corrected chi connectivity index (χ2v) is 8.09. The molecule has 1 heterocycles. The van der Waals surface area contributed by atoms with Gasteiger partial charge in [-0.1, -0.05) is 0 Å². The molecule has 10 heteroatoms. The molecule has 2 aromatic rings. The van der Waals surface area contributed by atoms with Gasteiger partial charge in [0.15, 0.2) is 5.82 Å². The third kappa shape index (κ3) is 4.70. The van der Waals surface area contributed by atoms with Crippen molar-refractivity contribution in [1.29, 1.82) is 0 Å². The van der Waals surface area contributed by atoms with Gasteiger partial charge < -0.3 is 20.3 Å². The first kappa shape index (κ1) is 21.0. The lowest BCUT2D eigenvalue weighted by Crippen LogP contribution is -2.44. The average Bonchev–Trinajstić information content (AvgIpc) is 2.82. The van der Waals surface area contributed by atoms with E-state index in [1.807, 2.05) is 0 Å². The number of amides is 2. The number of benzene rings is 1. The molecular weight excluding hydrogens is 368 g/mol. The van der Waals surface area contributed by atoms with Crippen LogP contribution in [0.25, 0.3) is 10.9 Å². The second kappa shape index (κ2) is 7.02. The Balaban J connectivity index is 2.68. The van der Waals surface area contributed by atoms with Crippen LogP contribution in [0.4, 0.5) is 25.9 Å². The Hall–Kier alpha value is -3.30. The molecule has 1 aromatic carbocycles. The molecule has 0 aliphatic heterocycles. The lowest BCUT2D eigenvalue weighted by Gasteiger charge is -2.27. The van der Waals surface area contributed by atoms with Gasteiger partial charge in [-0.3, -0.25) is 0 Å². The van der Waals surface area contributed by atoms with E-state index in [4.69, 9.17) is 15.2 Å². The summed E-state index contributed by atoms with van der Waals surface area (Å²) in [5.74, 6) is -0.235. The fraction of sp³-hybridized carbons (Fsp3) is 0.444. The van der Waals surface area contributed by atoms with Crippen molar-refractivity contribution in [3.05, 3.63) is 18.2 Å². The van der Waals surface area contributed by atoms with Crippen LogP contribution in [0, 0.1) is 0 Å². The maximum Gasteiger partial charge on any atom is 0.432 e. The van der Waals surface area contributed by atoms with E-state index in [-0.39, 0.29) is 16.7 Å². The predicted octanol–water partition coefficient (Wildman–Crippen LogP) is 3.82. The highest BCUT2D eigenvalue weighted by Crippen LogP contribution is 2.30. The summed E-state index contributed by atoms with van der Waals surface area (Å²) in [7, 11) is 0. The number of hydrogen-bond acceptors (Lipinski definition) is 7. The smallest absolute Gasteiger partial charge is 0.432 e. The van der Waals surface area contributed by atoms with Gasteiger partial charge in [0.2, 0.25) is 0 Å². The Morgan fingerprint density at radius 3 is 1.96 bits per heavy atom. The molecule has 152 valence electrons. The van der Waals surface area contributed by atoms with Crippen LogP contribution in [-0.2, 0) is 9.47 Å². The number of fused-ring (bicyclic) bond motifs is 1. The topological polar surface area (TPSA) is 137 Å². The van der Waals surface area contributed by atoms with Crippen LogP contribution in [0.1, 0.15) is 41.5 Å². The van der Waals surface area contributed by atoms with Gasteiger partial charge in [-0.2, -0.15) is 9.58 Å². The van der Waals surface area contributed by atoms with Gasteiger partial charge in [0, 0.05) is 11.1 Å². The fourth-order valence-corrected chi connectivity index (χ4v) is 2.29. The highest BCUT2D eigenvalue weighted by atomic mass is 16.6. The van der Waals surface area contributed by atoms with Gasteiger partial charge in [-0.05, 0) is 59.7 Å². The molecule has 2 rings (SSSR count). The largest absolute Gasteiger partial charge is 0.463 e. The summed E-state index contributed by atoms with van der Waals surface area (Å²) in [6, 6.07) is 4.35. The summed E-state index contributed by atoms with van der Waals surface area (Å²) in [6.45, 7) is 9.79. The fourth-order valence-electron chi connectivity index (χ4n) is 2.29. The standard InChI is InChI=1S/C18H24N4O6/c1-17(2,3)27-15(25)21(16(26)28-18(4,5)6)13-11-8-7-10(19)9-12(11)22(20-13)14(23)24/h7-9H,19H2,1-6H3,(H,23,24). The Labute approximate surface area is 161 Å². The maximum absolute atomic E-state index is 12.8. The third-order valence-electron chi connectivity index (χ3n) is 3.23. The minimum Gasteiger partial charge on any atom is -0.463 e. The van der Waals surface area contributed by atoms with E-state index in [2.05, 4.69) is 5.10 Å². The number of imide groups is 1. The number of nitrogen functional groups attached to an aromatic ring is 1. The highest BCUT2D eigenvalue weighted by Gasteiger charge is 2.36. The van der Waals surface area contributed by atoms with Gasteiger partial charge >= 0.3 is 18.3 Å². The lowest BCUT2D eigenvalue weighted by atomic mass is 10.2. The monoisotopic (exact) mass is 392 g/mol. The molecule has 0 unspecified atom stereocenters. The van der Waals surface area contributed by atoms with Gasteiger partial charge in [-0.25, -0.2) is 14.4 Å². The molecule has 0 bridgehead atoms. The summed E-state index contributed by atoms with van der Waals surface area (Å²) in [4.78, 5) is 37.7. The summed E-state index contributed by atoms with van der Waals surface area (Å²) in [6.07, 6.45) is -3.50. The molecule has 3 N–H and O–H groups in total. The lowest BCUT2D eigenvalue weighted by molar-refractivity contribution is 0.0429. The normalized spacial score (nSPS) is 11.9. The van der Waals surface area contributed by atoms with Crippen LogP contribution in [0.15, 0.2) is 18.2 Å². The minimum absolute atomic E-state index is 0.111. The number of carboxylic acid groups (broad SMARTS) is 1. The van der Waals surface area contributed by atoms with Gasteiger partial charge in [0.25, 0.3) is 0 Å². The number of carbonyl (C=O) groups excluding carboxylic acids is 2. The Kier molecular flexibility index (Phi) is 5.27. The number of aromatic nitrogens is 2. The number of hydrogen-bond donors (Lipinski definition) is 2. The van der Waals surface area contributed by atoms with E-state index in [1.54, 1.807) is 41.5 Å². The second-order valence-electron chi connectivity index (χ2n) is 8.09. The average molecular weight is 392 g/mol. The molecule has 28 heavy (non-hydrogen) atoms. The van der Waals surface area contributed by atoms with Crippen molar-refractivity contribution < 1.29 is 29.0 Å². The number of nitrogens with two attached hydrogens (primary N) is 1. The van der Waals surface area contributed by atoms with Gasteiger partial charge in [0.1, 0.15) is 11.2 Å². The summed E-state index contributed by atoms with van der Waals surface area (Å²) in [5, 5.41) is 13.6. The summed E-state index contributed by atoms with van der Waals surface area (Å²) >= 11 is 0. The van der Waals surface area contributed by atoms with Crippen LogP contribution < -0.4 is 10.6 Å². The first-order valence-electron chi connectivity index (χ1n) is 8.47. The predicted molar refractivity (Wildman–Crippen MR) is 103 cm³/mol. The van der Waals surface area contributed by atoms with E-state index >= 15 is 0 Å². The molecule has 0 aliphatic rings. The molecule has 0 saturated carbocycles. The Morgan fingerprint density at radius 1 is 1.04 bits per heavy atom. The molecule has 10 nitrogen and oxygen atoms in total. The molecule has 0 atom stereocenters. The van der Waals surface area contributed by atoms with Gasteiger partial charge in [-0.15, -0.1) is 5.10 Å². The number of ether oxygens (including phenoxy) is 2. The van der Waals surface area contributed by atoms with E-state index in [1.165, 1.54) is 18.2 Å². The Morgan fingerprint density at radius 2 is 1.54 bits per heavy atom. The van der Waals surface area contributed by atoms with Crippen molar-refractivity contribution in [2.24, 2.45) is 0 Å². The SMILES string of the molecule is CC(C)(C)OC(=O)N(C(=O)OC(C)(C)C)c1nn(C(=O)O)c2cc(N)ccc12. The van der Waals surface area contributed by atoms with E-state index in [9.17, 15) is 19.5 Å².